The van der Waals surface area contributed by atoms with E-state index in [1.165, 1.54) is 20.2 Å². The molecule has 0 spiro atoms. The van der Waals surface area contributed by atoms with Gasteiger partial charge in [-0.05, 0) is 50.6 Å². The standard InChI is InChI=1S/C23H23N5O5/c1-5-27-12-17(18(29)16-10-9-13(2)24-19(16)27)20(30)26-28-21(31)23(3,25-22(28)32)14-7-6-8-15(11-14)33-4/h6-12H,5H2,1-4H3,(H,25,32)(H,26,30). The van der Waals surface area contributed by atoms with Crippen molar-refractivity contribution in [2.75, 3.05) is 7.11 Å². The molecule has 1 saturated heterocycles. The third-order valence-electron chi connectivity index (χ3n) is 5.70. The third kappa shape index (κ3) is 3.59. The Hall–Kier alpha value is -4.21. The van der Waals surface area contributed by atoms with Gasteiger partial charge in [0.15, 0.2) is 0 Å². The van der Waals surface area contributed by atoms with Gasteiger partial charge in [0.1, 0.15) is 22.5 Å². The molecule has 1 fully saturated rings. The molecule has 2 N–H and O–H groups in total. The summed E-state index contributed by atoms with van der Waals surface area (Å²) >= 11 is 0. The van der Waals surface area contributed by atoms with Crippen molar-refractivity contribution in [2.24, 2.45) is 0 Å². The molecule has 2 aromatic heterocycles. The lowest BCUT2D eigenvalue weighted by molar-refractivity contribution is -0.132. The summed E-state index contributed by atoms with van der Waals surface area (Å²) in [5.41, 5.74) is 1.79. The van der Waals surface area contributed by atoms with Crippen LogP contribution in [0.1, 0.15) is 35.5 Å². The van der Waals surface area contributed by atoms with Crippen molar-refractivity contribution >= 4 is 28.9 Å². The first-order valence-electron chi connectivity index (χ1n) is 10.3. The Kier molecular flexibility index (Phi) is 5.36. The predicted molar refractivity (Wildman–Crippen MR) is 120 cm³/mol. The number of imide groups is 1. The summed E-state index contributed by atoms with van der Waals surface area (Å²) in [5, 5.41) is 3.47. The Morgan fingerprint density at radius 1 is 1.21 bits per heavy atom. The van der Waals surface area contributed by atoms with E-state index >= 15 is 0 Å². The summed E-state index contributed by atoms with van der Waals surface area (Å²) in [4.78, 5) is 56.1. The van der Waals surface area contributed by atoms with Gasteiger partial charge in [0.25, 0.3) is 11.8 Å². The van der Waals surface area contributed by atoms with Gasteiger partial charge in [0.05, 0.1) is 12.5 Å². The van der Waals surface area contributed by atoms with Crippen LogP contribution in [0.25, 0.3) is 11.0 Å². The van der Waals surface area contributed by atoms with E-state index < -0.39 is 28.8 Å². The van der Waals surface area contributed by atoms with Crippen LogP contribution in [0.3, 0.4) is 0 Å². The fourth-order valence-electron chi connectivity index (χ4n) is 3.79. The molecular weight excluding hydrogens is 426 g/mol. The molecule has 3 heterocycles. The maximum Gasteiger partial charge on any atom is 0.344 e. The zero-order chi connectivity index (χ0) is 23.9. The van der Waals surface area contributed by atoms with Crippen LogP contribution >= 0.6 is 0 Å². The Morgan fingerprint density at radius 2 is 1.97 bits per heavy atom. The molecule has 170 valence electrons. The molecule has 33 heavy (non-hydrogen) atoms. The van der Waals surface area contributed by atoms with E-state index in [0.29, 0.717) is 28.5 Å². The van der Waals surface area contributed by atoms with E-state index in [1.807, 2.05) is 13.8 Å². The molecule has 3 aromatic rings. The Balaban J connectivity index is 1.68. The number of nitrogens with one attached hydrogen (secondary N) is 2. The number of fused-ring (bicyclic) bond motifs is 1. The van der Waals surface area contributed by atoms with Crippen LogP contribution in [0.15, 0.2) is 47.4 Å². The van der Waals surface area contributed by atoms with E-state index in [2.05, 4.69) is 15.7 Å². The average molecular weight is 449 g/mol. The largest absolute Gasteiger partial charge is 0.497 e. The topological polar surface area (TPSA) is 123 Å². The van der Waals surface area contributed by atoms with Crippen LogP contribution in [-0.2, 0) is 16.9 Å². The Bertz CT molecular complexity index is 1370. The van der Waals surface area contributed by atoms with Crippen molar-refractivity contribution in [1.29, 1.82) is 0 Å². The van der Waals surface area contributed by atoms with E-state index in [-0.39, 0.29) is 10.9 Å². The molecule has 1 unspecified atom stereocenters. The second kappa shape index (κ2) is 8.05. The van der Waals surface area contributed by atoms with Crippen molar-refractivity contribution in [3.8, 4) is 5.75 Å². The summed E-state index contributed by atoms with van der Waals surface area (Å²) < 4.78 is 6.87. The van der Waals surface area contributed by atoms with E-state index in [1.54, 1.807) is 41.0 Å². The number of benzene rings is 1. The highest BCUT2D eigenvalue weighted by Gasteiger charge is 2.50. The number of carbonyl (C=O) groups is 3. The smallest absolute Gasteiger partial charge is 0.344 e. The zero-order valence-electron chi connectivity index (χ0n) is 18.6. The first kappa shape index (κ1) is 22.0. The van der Waals surface area contributed by atoms with Gasteiger partial charge < -0.3 is 14.6 Å². The van der Waals surface area contributed by atoms with Crippen molar-refractivity contribution in [2.45, 2.75) is 32.9 Å². The number of hydrazine groups is 1. The maximum atomic E-state index is 13.2. The van der Waals surface area contributed by atoms with Gasteiger partial charge in [0, 0.05) is 18.4 Å². The van der Waals surface area contributed by atoms with E-state index in [4.69, 9.17) is 4.74 Å². The van der Waals surface area contributed by atoms with Gasteiger partial charge in [-0.25, -0.2) is 9.78 Å². The van der Waals surface area contributed by atoms with Crippen LogP contribution in [0.5, 0.6) is 5.75 Å². The molecule has 10 heteroatoms. The number of amides is 4. The summed E-state index contributed by atoms with van der Waals surface area (Å²) in [6, 6.07) is 9.18. The average Bonchev–Trinajstić information content (AvgIpc) is 3.03. The van der Waals surface area contributed by atoms with Crippen LogP contribution in [0.2, 0.25) is 0 Å². The molecule has 1 atom stereocenters. The van der Waals surface area contributed by atoms with Crippen LogP contribution in [-0.4, -0.2) is 39.5 Å². The molecular formula is C23H23N5O5. The quantitative estimate of drug-likeness (QED) is 0.573. The van der Waals surface area contributed by atoms with Gasteiger partial charge in [-0.2, -0.15) is 5.01 Å². The van der Waals surface area contributed by atoms with Crippen LogP contribution in [0, 0.1) is 6.92 Å². The monoisotopic (exact) mass is 449 g/mol. The molecule has 0 radical (unpaired) electrons. The number of carbonyl (C=O) groups excluding carboxylic acids is 3. The maximum absolute atomic E-state index is 13.2. The Labute approximate surface area is 189 Å². The lowest BCUT2D eigenvalue weighted by Gasteiger charge is -2.22. The fraction of sp³-hybridized carbons (Fsp3) is 0.261. The second-order valence-corrected chi connectivity index (χ2v) is 7.85. The number of rotatable bonds is 5. The van der Waals surface area contributed by atoms with Crippen molar-refractivity contribution in [1.82, 2.24) is 25.3 Å². The number of pyridine rings is 2. The highest BCUT2D eigenvalue weighted by molar-refractivity contribution is 6.09. The molecule has 0 saturated carbocycles. The number of ether oxygens (including phenoxy) is 1. The van der Waals surface area contributed by atoms with Gasteiger partial charge in [-0.15, -0.1) is 0 Å². The number of aryl methyl sites for hydroxylation is 2. The van der Waals surface area contributed by atoms with Crippen molar-refractivity contribution < 1.29 is 19.1 Å². The molecule has 1 aromatic carbocycles. The molecule has 0 aliphatic carbocycles. The first-order valence-corrected chi connectivity index (χ1v) is 10.3. The minimum Gasteiger partial charge on any atom is -0.497 e. The number of hydrogen-bond donors (Lipinski definition) is 2. The van der Waals surface area contributed by atoms with Crippen molar-refractivity contribution in [3.05, 3.63) is 69.6 Å². The summed E-state index contributed by atoms with van der Waals surface area (Å²) in [7, 11) is 1.49. The normalized spacial score (nSPS) is 17.9. The molecule has 1 aliphatic rings. The number of methoxy groups -OCH3 is 1. The van der Waals surface area contributed by atoms with Crippen molar-refractivity contribution in [3.63, 3.8) is 0 Å². The minimum absolute atomic E-state index is 0.203. The molecule has 4 rings (SSSR count). The van der Waals surface area contributed by atoms with E-state index in [9.17, 15) is 19.2 Å². The Morgan fingerprint density at radius 3 is 2.67 bits per heavy atom. The number of nitrogens with zero attached hydrogens (tertiary/aromatic N) is 3. The van der Waals surface area contributed by atoms with E-state index in [0.717, 1.165) is 5.69 Å². The number of urea groups is 1. The lowest BCUT2D eigenvalue weighted by atomic mass is 9.92. The van der Waals surface area contributed by atoms with Crippen LogP contribution in [0.4, 0.5) is 4.79 Å². The van der Waals surface area contributed by atoms with Gasteiger partial charge in [-0.1, -0.05) is 12.1 Å². The molecule has 10 nitrogen and oxygen atoms in total. The van der Waals surface area contributed by atoms with Gasteiger partial charge in [0.2, 0.25) is 5.43 Å². The lowest BCUT2D eigenvalue weighted by Crippen LogP contribution is -2.48. The van der Waals surface area contributed by atoms with Gasteiger partial charge >= 0.3 is 6.03 Å². The first-order chi connectivity index (χ1) is 15.7. The third-order valence-corrected chi connectivity index (χ3v) is 5.70. The number of aromatic nitrogens is 2. The highest BCUT2D eigenvalue weighted by atomic mass is 16.5. The van der Waals surface area contributed by atoms with Gasteiger partial charge in [-0.3, -0.25) is 19.8 Å². The highest BCUT2D eigenvalue weighted by Crippen LogP contribution is 2.30. The second-order valence-electron chi connectivity index (χ2n) is 7.85. The zero-order valence-corrected chi connectivity index (χ0v) is 18.6. The SMILES string of the molecule is CCn1cc(C(=O)NN2C(=O)NC(C)(c3cccc(OC)c3)C2=O)c(=O)c2ccc(C)nc21. The minimum atomic E-state index is -1.42. The fourth-order valence-corrected chi connectivity index (χ4v) is 3.79. The number of hydrogen-bond acceptors (Lipinski definition) is 6. The molecule has 1 aliphatic heterocycles. The molecule has 4 amide bonds. The summed E-state index contributed by atoms with van der Waals surface area (Å²) in [5.74, 6) is -1.05. The molecule has 0 bridgehead atoms. The predicted octanol–water partition coefficient (Wildman–Crippen LogP) is 1.85. The van der Waals surface area contributed by atoms with Crippen LogP contribution < -0.4 is 20.9 Å². The summed E-state index contributed by atoms with van der Waals surface area (Å²) in [6.07, 6.45) is 1.38. The summed E-state index contributed by atoms with van der Waals surface area (Å²) in [6.45, 7) is 5.65.